The number of methoxy groups -OCH3 is 1. The van der Waals surface area contributed by atoms with Crippen molar-refractivity contribution >= 4 is 45.0 Å². The summed E-state index contributed by atoms with van der Waals surface area (Å²) >= 11 is 3.22. The fourth-order valence-electron chi connectivity index (χ4n) is 6.29. The van der Waals surface area contributed by atoms with Crippen LogP contribution in [-0.2, 0) is 19.2 Å². The van der Waals surface area contributed by atoms with Gasteiger partial charge in [-0.25, -0.2) is 0 Å². The maximum atomic E-state index is 13.8. The lowest BCUT2D eigenvalue weighted by Gasteiger charge is -2.42. The van der Waals surface area contributed by atoms with Crippen LogP contribution in [0, 0.1) is 17.8 Å². The molecule has 8 heteroatoms. The number of halogens is 1. The van der Waals surface area contributed by atoms with Crippen LogP contribution in [0.2, 0.25) is 0 Å². The second-order valence-corrected chi connectivity index (χ2v) is 10.5. The molecular weight excluding hydrogens is 538 g/mol. The summed E-state index contributed by atoms with van der Waals surface area (Å²) in [5.74, 6) is -3.23. The van der Waals surface area contributed by atoms with Crippen LogP contribution in [0.15, 0.2) is 81.9 Å². The Bertz CT molecular complexity index is 1490. The smallest absolute Gasteiger partial charge is 0.238 e. The number of hydrogen-bond acceptors (Lipinski definition) is 6. The number of hydrogen-bond donors (Lipinski definition) is 1. The van der Waals surface area contributed by atoms with Gasteiger partial charge in [-0.3, -0.25) is 24.1 Å². The van der Waals surface area contributed by atoms with Crippen LogP contribution < -0.4 is 9.64 Å². The van der Waals surface area contributed by atoms with Crippen molar-refractivity contribution in [2.75, 3.05) is 12.0 Å². The van der Waals surface area contributed by atoms with Gasteiger partial charge >= 0.3 is 0 Å². The number of ketones is 2. The summed E-state index contributed by atoms with van der Waals surface area (Å²) in [6.07, 6.45) is 3.70. The van der Waals surface area contributed by atoms with E-state index in [0.717, 1.165) is 5.57 Å². The highest BCUT2D eigenvalue weighted by atomic mass is 79.9. The zero-order valence-electron chi connectivity index (χ0n) is 19.8. The zero-order valence-corrected chi connectivity index (χ0v) is 21.4. The van der Waals surface area contributed by atoms with Gasteiger partial charge in [0.2, 0.25) is 11.8 Å². The number of phenolic OH excluding ortho intramolecular Hbond substituents is 1. The van der Waals surface area contributed by atoms with E-state index >= 15 is 0 Å². The second kappa shape index (κ2) is 8.66. The maximum Gasteiger partial charge on any atom is 0.238 e. The molecule has 0 unspecified atom stereocenters. The van der Waals surface area contributed by atoms with Crippen molar-refractivity contribution in [3.05, 3.63) is 87.4 Å². The Labute approximate surface area is 221 Å². The number of benzene rings is 2. The Morgan fingerprint density at radius 2 is 1.76 bits per heavy atom. The van der Waals surface area contributed by atoms with Crippen LogP contribution in [0.5, 0.6) is 11.5 Å². The molecule has 0 aromatic heterocycles. The maximum absolute atomic E-state index is 13.8. The number of aromatic hydroxyl groups is 1. The minimum Gasteiger partial charge on any atom is -0.507 e. The van der Waals surface area contributed by atoms with Gasteiger partial charge in [-0.15, -0.1) is 0 Å². The molecule has 37 heavy (non-hydrogen) atoms. The molecule has 0 spiro atoms. The van der Waals surface area contributed by atoms with E-state index in [4.69, 9.17) is 4.74 Å². The van der Waals surface area contributed by atoms with Crippen LogP contribution in [0.1, 0.15) is 24.3 Å². The Kier molecular flexibility index (Phi) is 5.53. The number of allylic oxidation sites excluding steroid dienone is 6. The summed E-state index contributed by atoms with van der Waals surface area (Å²) in [4.78, 5) is 55.0. The van der Waals surface area contributed by atoms with Crippen molar-refractivity contribution in [2.45, 2.75) is 18.8 Å². The highest BCUT2D eigenvalue weighted by Gasteiger charge is 2.56. The Morgan fingerprint density at radius 1 is 1.00 bits per heavy atom. The minimum absolute atomic E-state index is 0.0755. The van der Waals surface area contributed by atoms with Crippen molar-refractivity contribution in [3.63, 3.8) is 0 Å². The third kappa shape index (κ3) is 3.46. The predicted octanol–water partition coefficient (Wildman–Crippen LogP) is 4.37. The molecule has 4 atom stereocenters. The summed E-state index contributed by atoms with van der Waals surface area (Å²) < 4.78 is 5.39. The average molecular weight is 560 g/mol. The lowest BCUT2D eigenvalue weighted by Crippen LogP contribution is -2.39. The SMILES string of the molecule is COc1ccc([C@H]2C3=CC[C@@H]4C(=O)N(c5ccccc5)C(=O)[C@@H]4[C@@H]3CC3=C2C(=O)C=C(Br)C3=O)c(O)c1. The van der Waals surface area contributed by atoms with Gasteiger partial charge in [-0.05, 0) is 52.9 Å². The first-order valence-electron chi connectivity index (χ1n) is 12.0. The van der Waals surface area contributed by atoms with E-state index in [-0.39, 0.29) is 40.0 Å². The largest absolute Gasteiger partial charge is 0.507 e. The molecular formula is C29H22BrNO6. The number of ether oxygens (including phenoxy) is 1. The van der Waals surface area contributed by atoms with Crippen LogP contribution in [0.25, 0.3) is 0 Å². The predicted molar refractivity (Wildman–Crippen MR) is 138 cm³/mol. The van der Waals surface area contributed by atoms with Crippen LogP contribution in [-0.4, -0.2) is 35.6 Å². The Balaban J connectivity index is 1.51. The molecule has 6 rings (SSSR count). The highest BCUT2D eigenvalue weighted by Crippen LogP contribution is 2.56. The lowest BCUT2D eigenvalue weighted by atomic mass is 9.59. The number of fused-ring (bicyclic) bond motifs is 3. The molecule has 2 amide bonds. The van der Waals surface area contributed by atoms with Crippen LogP contribution in [0.4, 0.5) is 5.69 Å². The van der Waals surface area contributed by atoms with E-state index in [1.54, 1.807) is 36.4 Å². The van der Waals surface area contributed by atoms with Gasteiger partial charge in [0.25, 0.3) is 0 Å². The Morgan fingerprint density at radius 3 is 2.46 bits per heavy atom. The molecule has 1 heterocycles. The zero-order chi connectivity index (χ0) is 26.0. The molecule has 2 aromatic rings. The number of carbonyl (C=O) groups is 4. The fourth-order valence-corrected chi connectivity index (χ4v) is 6.74. The molecule has 0 radical (unpaired) electrons. The summed E-state index contributed by atoms with van der Waals surface area (Å²) in [7, 11) is 1.49. The molecule has 1 saturated heterocycles. The molecule has 0 saturated carbocycles. The molecule has 2 aromatic carbocycles. The number of para-hydroxylation sites is 1. The van der Waals surface area contributed by atoms with Gasteiger partial charge in [-0.1, -0.05) is 35.9 Å². The van der Waals surface area contributed by atoms with Gasteiger partial charge in [0.15, 0.2) is 11.6 Å². The van der Waals surface area contributed by atoms with Crippen LogP contribution in [0.3, 0.4) is 0 Å². The highest BCUT2D eigenvalue weighted by molar-refractivity contribution is 9.12. The molecule has 186 valence electrons. The summed E-state index contributed by atoms with van der Waals surface area (Å²) in [6.45, 7) is 0. The molecule has 3 aliphatic carbocycles. The van der Waals surface area contributed by atoms with Crippen molar-refractivity contribution in [3.8, 4) is 11.5 Å². The van der Waals surface area contributed by atoms with E-state index in [0.29, 0.717) is 34.6 Å². The summed E-state index contributed by atoms with van der Waals surface area (Å²) in [5, 5.41) is 11.0. The van der Waals surface area contributed by atoms with Gasteiger partial charge in [0.1, 0.15) is 11.5 Å². The standard InChI is InChI=1S/C29H22BrNO6/c1-37-15-7-8-17(22(32)11-15)24-16-9-10-18-25(29(36)31(28(18)35)14-5-3-2-4-6-14)19(16)12-20-26(24)23(33)13-21(30)27(20)34/h2-9,11,13,18-19,24-25,32H,10,12H2,1H3/t18-,19+,24+,25-/m0/s1. The van der Waals surface area contributed by atoms with Gasteiger partial charge in [0, 0.05) is 34.8 Å². The van der Waals surface area contributed by atoms with E-state index in [2.05, 4.69) is 15.9 Å². The van der Waals surface area contributed by atoms with Crippen molar-refractivity contribution < 1.29 is 29.0 Å². The summed E-state index contributed by atoms with van der Waals surface area (Å²) in [6, 6.07) is 13.7. The number of nitrogens with zero attached hydrogens (tertiary/aromatic N) is 1. The monoisotopic (exact) mass is 559 g/mol. The second-order valence-electron chi connectivity index (χ2n) is 9.67. The van der Waals surface area contributed by atoms with E-state index in [1.165, 1.54) is 24.2 Å². The van der Waals surface area contributed by atoms with Gasteiger partial charge in [-0.2, -0.15) is 0 Å². The number of phenols is 1. The third-order valence-corrected chi connectivity index (χ3v) is 8.48. The number of carbonyl (C=O) groups excluding carboxylic acids is 4. The van der Waals surface area contributed by atoms with Gasteiger partial charge in [0.05, 0.1) is 29.1 Å². The minimum atomic E-state index is -0.720. The van der Waals surface area contributed by atoms with E-state index in [1.807, 2.05) is 12.1 Å². The van der Waals surface area contributed by atoms with E-state index < -0.39 is 23.7 Å². The number of Topliss-reactive ketones (excluding diaryl/α,β-unsaturated/α-hetero) is 1. The molecule has 1 aliphatic heterocycles. The molecule has 4 aliphatic rings. The first kappa shape index (κ1) is 23.6. The lowest BCUT2D eigenvalue weighted by molar-refractivity contribution is -0.123. The number of anilines is 1. The molecule has 1 N–H and O–H groups in total. The van der Waals surface area contributed by atoms with Crippen molar-refractivity contribution in [1.82, 2.24) is 0 Å². The first-order valence-corrected chi connectivity index (χ1v) is 12.8. The Hall–Kier alpha value is -3.78. The van der Waals surface area contributed by atoms with Gasteiger partial charge < -0.3 is 9.84 Å². The fraction of sp³-hybridized carbons (Fsp3) is 0.241. The third-order valence-electron chi connectivity index (χ3n) is 7.89. The number of amides is 2. The normalized spacial score (nSPS) is 26.9. The number of rotatable bonds is 3. The average Bonchev–Trinajstić information content (AvgIpc) is 3.16. The quantitative estimate of drug-likeness (QED) is 0.340. The number of imide groups is 1. The molecule has 7 nitrogen and oxygen atoms in total. The van der Waals surface area contributed by atoms with E-state index in [9.17, 15) is 24.3 Å². The van der Waals surface area contributed by atoms with Crippen molar-refractivity contribution in [2.24, 2.45) is 17.8 Å². The topological polar surface area (TPSA) is 101 Å². The first-order chi connectivity index (χ1) is 17.8. The van der Waals surface area contributed by atoms with Crippen molar-refractivity contribution in [1.29, 1.82) is 0 Å². The summed E-state index contributed by atoms with van der Waals surface area (Å²) in [5.41, 5.74) is 2.38. The molecule has 1 fully saturated rings. The van der Waals surface area contributed by atoms with Crippen LogP contribution >= 0.6 is 15.9 Å². The molecule has 0 bridgehead atoms.